The van der Waals surface area contributed by atoms with Crippen molar-refractivity contribution in [1.29, 1.82) is 0 Å². The first-order valence-corrected chi connectivity index (χ1v) is 7.45. The second-order valence-electron chi connectivity index (χ2n) is 5.31. The number of rotatable bonds is 3. The first kappa shape index (κ1) is 14.1. The number of nitrogens with zero attached hydrogens (tertiary/aromatic N) is 2. The molecule has 1 aliphatic carbocycles. The van der Waals surface area contributed by atoms with Gasteiger partial charge in [0, 0.05) is 12.5 Å². The number of methoxy groups -OCH3 is 1. The Morgan fingerprint density at radius 1 is 1.43 bits per heavy atom. The fourth-order valence-electron chi connectivity index (χ4n) is 3.03. The fourth-order valence-corrected chi connectivity index (χ4v) is 3.23. The zero-order valence-electron chi connectivity index (χ0n) is 11.9. The first-order chi connectivity index (χ1) is 10.2. The van der Waals surface area contributed by atoms with E-state index in [1.807, 2.05) is 0 Å². The summed E-state index contributed by atoms with van der Waals surface area (Å²) in [5.74, 6) is 0.448. The number of hydrogen-bond donors (Lipinski definition) is 0. The minimum absolute atomic E-state index is 0.114. The molecule has 0 saturated heterocycles. The quantitative estimate of drug-likeness (QED) is 0.819. The molecule has 1 aromatic heterocycles. The minimum atomic E-state index is -0.222. The van der Waals surface area contributed by atoms with Crippen LogP contribution < -0.4 is 10.3 Å². The molecule has 0 spiro atoms. The van der Waals surface area contributed by atoms with E-state index in [-0.39, 0.29) is 16.5 Å². The lowest BCUT2D eigenvalue weighted by Crippen LogP contribution is -2.26. The number of fused-ring (bicyclic) bond motifs is 1. The molecule has 1 unspecified atom stereocenters. The highest BCUT2D eigenvalue weighted by atomic mass is 35.5. The second kappa shape index (κ2) is 5.90. The molecule has 0 N–H and O–H groups in total. The fraction of sp³-hybridized carbons (Fsp3) is 0.375. The van der Waals surface area contributed by atoms with Gasteiger partial charge in [-0.1, -0.05) is 35.9 Å². The van der Waals surface area contributed by atoms with Gasteiger partial charge < -0.3 is 4.74 Å². The van der Waals surface area contributed by atoms with Gasteiger partial charge in [-0.05, 0) is 30.4 Å². The summed E-state index contributed by atoms with van der Waals surface area (Å²) >= 11 is 5.88. The van der Waals surface area contributed by atoms with Crippen LogP contribution in [0.3, 0.4) is 0 Å². The topological polar surface area (TPSA) is 44.1 Å². The van der Waals surface area contributed by atoms with E-state index in [1.54, 1.807) is 4.57 Å². The van der Waals surface area contributed by atoms with Gasteiger partial charge in [0.2, 0.25) is 5.75 Å². The van der Waals surface area contributed by atoms with Crippen molar-refractivity contribution in [2.45, 2.75) is 31.7 Å². The van der Waals surface area contributed by atoms with E-state index in [1.165, 1.54) is 24.6 Å². The number of halogens is 1. The van der Waals surface area contributed by atoms with Crippen molar-refractivity contribution in [3.63, 3.8) is 0 Å². The molecule has 110 valence electrons. The SMILES string of the molecule is COc1c(Cl)ncn(CC2CCCc3ccccc32)c1=O. The maximum Gasteiger partial charge on any atom is 0.297 e. The largest absolute Gasteiger partial charge is 0.489 e. The lowest BCUT2D eigenvalue weighted by atomic mass is 9.83. The van der Waals surface area contributed by atoms with E-state index in [9.17, 15) is 4.79 Å². The van der Waals surface area contributed by atoms with E-state index in [2.05, 4.69) is 29.2 Å². The predicted octanol–water partition coefficient (Wildman–Crippen LogP) is 3.03. The highest BCUT2D eigenvalue weighted by Gasteiger charge is 2.21. The standard InChI is InChI=1S/C16H17ClN2O2/c1-21-14-15(17)18-10-19(16(14)20)9-12-7-4-6-11-5-2-3-8-13(11)12/h2-3,5,8,10,12H,4,6-7,9H2,1H3. The Bertz CT molecular complexity index is 712. The maximum absolute atomic E-state index is 12.3. The molecular weight excluding hydrogens is 288 g/mol. The number of aryl methyl sites for hydroxylation is 1. The molecule has 0 amide bonds. The van der Waals surface area contributed by atoms with Crippen molar-refractivity contribution < 1.29 is 4.74 Å². The van der Waals surface area contributed by atoms with Crippen LogP contribution in [0.1, 0.15) is 29.9 Å². The normalized spacial score (nSPS) is 17.3. The Morgan fingerprint density at radius 3 is 3.05 bits per heavy atom. The van der Waals surface area contributed by atoms with Crippen molar-refractivity contribution in [3.8, 4) is 5.75 Å². The molecule has 1 atom stereocenters. The molecule has 0 radical (unpaired) electrons. The molecule has 0 saturated carbocycles. The third kappa shape index (κ3) is 2.68. The van der Waals surface area contributed by atoms with Gasteiger partial charge >= 0.3 is 0 Å². The summed E-state index contributed by atoms with van der Waals surface area (Å²) in [6.45, 7) is 0.608. The molecule has 0 bridgehead atoms. The minimum Gasteiger partial charge on any atom is -0.489 e. The van der Waals surface area contributed by atoms with Crippen molar-refractivity contribution in [1.82, 2.24) is 9.55 Å². The van der Waals surface area contributed by atoms with Gasteiger partial charge in [-0.15, -0.1) is 0 Å². The summed E-state index contributed by atoms with van der Waals surface area (Å²) in [6.07, 6.45) is 4.84. The summed E-state index contributed by atoms with van der Waals surface area (Å²) in [5.41, 5.74) is 2.50. The number of ether oxygens (including phenoxy) is 1. The van der Waals surface area contributed by atoms with Gasteiger partial charge in [-0.2, -0.15) is 0 Å². The van der Waals surface area contributed by atoms with E-state index < -0.39 is 0 Å². The summed E-state index contributed by atoms with van der Waals surface area (Å²) in [4.78, 5) is 16.4. The van der Waals surface area contributed by atoms with Gasteiger partial charge in [0.05, 0.1) is 13.4 Å². The van der Waals surface area contributed by atoms with Crippen LogP contribution in [0.5, 0.6) is 5.75 Å². The Hall–Kier alpha value is -1.81. The van der Waals surface area contributed by atoms with E-state index in [0.29, 0.717) is 12.5 Å². The lowest BCUT2D eigenvalue weighted by molar-refractivity contribution is 0.393. The molecular formula is C16H17ClN2O2. The van der Waals surface area contributed by atoms with Gasteiger partial charge in [-0.25, -0.2) is 4.98 Å². The molecule has 2 aromatic rings. The molecule has 1 heterocycles. The summed E-state index contributed by atoms with van der Waals surface area (Å²) in [5, 5.41) is 0.114. The molecule has 0 aliphatic heterocycles. The van der Waals surface area contributed by atoms with Crippen LogP contribution >= 0.6 is 11.6 Å². The average molecular weight is 305 g/mol. The zero-order chi connectivity index (χ0) is 14.8. The van der Waals surface area contributed by atoms with E-state index in [0.717, 1.165) is 19.3 Å². The summed E-state index contributed by atoms with van der Waals surface area (Å²) in [7, 11) is 1.44. The molecule has 1 aromatic carbocycles. The third-order valence-corrected chi connectivity index (χ3v) is 4.34. The Morgan fingerprint density at radius 2 is 2.24 bits per heavy atom. The highest BCUT2D eigenvalue weighted by molar-refractivity contribution is 6.30. The smallest absolute Gasteiger partial charge is 0.297 e. The van der Waals surface area contributed by atoms with E-state index >= 15 is 0 Å². The molecule has 3 rings (SSSR count). The van der Waals surface area contributed by atoms with Gasteiger partial charge in [0.25, 0.3) is 5.56 Å². The van der Waals surface area contributed by atoms with Crippen molar-refractivity contribution >= 4 is 11.6 Å². The molecule has 1 aliphatic rings. The summed E-state index contributed by atoms with van der Waals surface area (Å²) < 4.78 is 6.64. The van der Waals surface area contributed by atoms with Crippen molar-refractivity contribution in [2.24, 2.45) is 0 Å². The number of benzene rings is 1. The van der Waals surface area contributed by atoms with Crippen molar-refractivity contribution in [3.05, 3.63) is 57.2 Å². The molecule has 0 fully saturated rings. The highest BCUT2D eigenvalue weighted by Crippen LogP contribution is 2.32. The summed E-state index contributed by atoms with van der Waals surface area (Å²) in [6, 6.07) is 8.45. The van der Waals surface area contributed by atoms with Crippen LogP contribution in [0.15, 0.2) is 35.4 Å². The van der Waals surface area contributed by atoms with Crippen LogP contribution in [0, 0.1) is 0 Å². The van der Waals surface area contributed by atoms with Crippen LogP contribution in [0.25, 0.3) is 0 Å². The van der Waals surface area contributed by atoms with E-state index in [4.69, 9.17) is 16.3 Å². The van der Waals surface area contributed by atoms with Crippen LogP contribution in [-0.4, -0.2) is 16.7 Å². The number of hydrogen-bond acceptors (Lipinski definition) is 3. The Balaban J connectivity index is 1.94. The van der Waals surface area contributed by atoms with Gasteiger partial charge in [0.15, 0.2) is 5.15 Å². The third-order valence-electron chi connectivity index (χ3n) is 4.07. The van der Waals surface area contributed by atoms with Gasteiger partial charge in [0.1, 0.15) is 0 Å². The zero-order valence-corrected chi connectivity index (χ0v) is 12.6. The van der Waals surface area contributed by atoms with Gasteiger partial charge in [-0.3, -0.25) is 9.36 Å². The van der Waals surface area contributed by atoms with Crippen molar-refractivity contribution in [2.75, 3.05) is 7.11 Å². The monoisotopic (exact) mass is 304 g/mol. The maximum atomic E-state index is 12.3. The average Bonchev–Trinajstić information content (AvgIpc) is 2.51. The Labute approximate surface area is 128 Å². The van der Waals surface area contributed by atoms with Crippen LogP contribution in [0.2, 0.25) is 5.15 Å². The predicted molar refractivity (Wildman–Crippen MR) is 82.2 cm³/mol. The first-order valence-electron chi connectivity index (χ1n) is 7.07. The Kier molecular flexibility index (Phi) is 3.97. The molecule has 21 heavy (non-hydrogen) atoms. The number of aromatic nitrogens is 2. The second-order valence-corrected chi connectivity index (χ2v) is 5.67. The molecule has 4 nitrogen and oxygen atoms in total. The molecule has 5 heteroatoms. The van der Waals surface area contributed by atoms with Crippen LogP contribution in [0.4, 0.5) is 0 Å². The van der Waals surface area contributed by atoms with Crippen LogP contribution in [-0.2, 0) is 13.0 Å². The lowest BCUT2D eigenvalue weighted by Gasteiger charge is -2.26.